The monoisotopic (exact) mass is 340 g/mol. The van der Waals surface area contributed by atoms with Gasteiger partial charge >= 0.3 is 0 Å². The Morgan fingerprint density at radius 2 is 2.13 bits per heavy atom. The van der Waals surface area contributed by atoms with E-state index in [1.807, 2.05) is 0 Å². The maximum absolute atomic E-state index is 12.9. The maximum atomic E-state index is 12.9. The summed E-state index contributed by atoms with van der Waals surface area (Å²) in [5.41, 5.74) is 6.10. The van der Waals surface area contributed by atoms with E-state index in [0.29, 0.717) is 30.4 Å². The van der Waals surface area contributed by atoms with Crippen molar-refractivity contribution in [3.05, 3.63) is 36.0 Å². The fourth-order valence-electron chi connectivity index (χ4n) is 2.65. The highest BCUT2D eigenvalue weighted by atomic mass is 35.5. The molecule has 1 aliphatic rings. The Bertz CT molecular complexity index is 662. The van der Waals surface area contributed by atoms with Crippen molar-refractivity contribution in [2.24, 2.45) is 5.73 Å². The molecular formula is C15H18ClFN4O2. The summed E-state index contributed by atoms with van der Waals surface area (Å²) in [5.74, 6) is 0.579. The fourth-order valence-corrected chi connectivity index (χ4v) is 2.65. The minimum absolute atomic E-state index is 0. The van der Waals surface area contributed by atoms with Crippen molar-refractivity contribution in [1.29, 1.82) is 0 Å². The number of halogens is 2. The highest BCUT2D eigenvalue weighted by Gasteiger charge is 2.28. The topological polar surface area (TPSA) is 85.3 Å². The van der Waals surface area contributed by atoms with Crippen LogP contribution in [0.5, 0.6) is 0 Å². The highest BCUT2D eigenvalue weighted by molar-refractivity contribution is 5.85. The van der Waals surface area contributed by atoms with Gasteiger partial charge in [-0.3, -0.25) is 4.79 Å². The Kier molecular flexibility index (Phi) is 5.68. The first kappa shape index (κ1) is 17.4. The molecule has 2 N–H and O–H groups in total. The van der Waals surface area contributed by atoms with Gasteiger partial charge in [0.15, 0.2) is 0 Å². The zero-order chi connectivity index (χ0) is 15.5. The number of rotatable bonds is 3. The minimum Gasteiger partial charge on any atom is -0.341 e. The van der Waals surface area contributed by atoms with E-state index in [4.69, 9.17) is 10.3 Å². The van der Waals surface area contributed by atoms with Crippen LogP contribution in [0.2, 0.25) is 0 Å². The number of hydrogen-bond donors (Lipinski definition) is 1. The number of nitrogens with zero attached hydrogens (tertiary/aromatic N) is 3. The molecule has 1 amide bonds. The van der Waals surface area contributed by atoms with Crippen molar-refractivity contribution in [1.82, 2.24) is 15.0 Å². The number of nitrogens with two attached hydrogens (primary N) is 1. The SMILES string of the molecule is Cl.NCC(=O)N1CCCC(c2nc(-c3ccc(F)cc3)no2)C1. The van der Waals surface area contributed by atoms with Crippen LogP contribution >= 0.6 is 12.4 Å². The van der Waals surface area contributed by atoms with E-state index in [2.05, 4.69) is 10.1 Å². The Balaban J connectivity index is 0.00000192. The lowest BCUT2D eigenvalue weighted by Gasteiger charge is -2.30. The summed E-state index contributed by atoms with van der Waals surface area (Å²) in [6, 6.07) is 5.92. The zero-order valence-electron chi connectivity index (χ0n) is 12.4. The van der Waals surface area contributed by atoms with E-state index in [1.54, 1.807) is 17.0 Å². The molecule has 0 aliphatic carbocycles. The molecule has 1 unspecified atom stereocenters. The van der Waals surface area contributed by atoms with Crippen LogP contribution in [-0.4, -0.2) is 40.6 Å². The molecule has 0 radical (unpaired) electrons. The van der Waals surface area contributed by atoms with Crippen molar-refractivity contribution >= 4 is 18.3 Å². The molecule has 1 atom stereocenters. The average molecular weight is 341 g/mol. The summed E-state index contributed by atoms with van der Waals surface area (Å²) in [6.07, 6.45) is 1.77. The largest absolute Gasteiger partial charge is 0.341 e. The Morgan fingerprint density at radius 3 is 2.83 bits per heavy atom. The lowest BCUT2D eigenvalue weighted by molar-refractivity contribution is -0.130. The van der Waals surface area contributed by atoms with Gasteiger partial charge in [0.1, 0.15) is 5.82 Å². The maximum Gasteiger partial charge on any atom is 0.236 e. The number of carbonyl (C=O) groups excluding carboxylic acids is 1. The van der Waals surface area contributed by atoms with Gasteiger partial charge < -0.3 is 15.2 Å². The van der Waals surface area contributed by atoms with Crippen LogP contribution in [0.1, 0.15) is 24.7 Å². The summed E-state index contributed by atoms with van der Waals surface area (Å²) in [7, 11) is 0. The third kappa shape index (κ3) is 3.86. The second-order valence-electron chi connectivity index (χ2n) is 5.35. The highest BCUT2D eigenvalue weighted by Crippen LogP contribution is 2.27. The summed E-state index contributed by atoms with van der Waals surface area (Å²) in [6.45, 7) is 1.27. The van der Waals surface area contributed by atoms with Crippen LogP contribution in [0.3, 0.4) is 0 Å². The fraction of sp³-hybridized carbons (Fsp3) is 0.400. The molecule has 2 heterocycles. The molecule has 0 spiro atoms. The number of amides is 1. The molecule has 1 saturated heterocycles. The van der Waals surface area contributed by atoms with Gasteiger partial charge in [-0.15, -0.1) is 12.4 Å². The first-order valence-corrected chi connectivity index (χ1v) is 7.25. The van der Waals surface area contributed by atoms with E-state index in [-0.39, 0.29) is 36.6 Å². The van der Waals surface area contributed by atoms with Crippen molar-refractivity contribution in [2.45, 2.75) is 18.8 Å². The van der Waals surface area contributed by atoms with Crippen LogP contribution in [0.25, 0.3) is 11.4 Å². The predicted molar refractivity (Wildman–Crippen MR) is 84.5 cm³/mol. The van der Waals surface area contributed by atoms with Crippen LogP contribution in [0.15, 0.2) is 28.8 Å². The molecule has 1 fully saturated rings. The van der Waals surface area contributed by atoms with Gasteiger partial charge in [0.2, 0.25) is 17.6 Å². The molecular weight excluding hydrogens is 323 g/mol. The molecule has 0 bridgehead atoms. The molecule has 6 nitrogen and oxygen atoms in total. The van der Waals surface area contributed by atoms with Crippen LogP contribution in [0.4, 0.5) is 4.39 Å². The zero-order valence-corrected chi connectivity index (χ0v) is 13.3. The lowest BCUT2D eigenvalue weighted by atomic mass is 9.98. The number of piperidine rings is 1. The lowest BCUT2D eigenvalue weighted by Crippen LogP contribution is -2.42. The predicted octanol–water partition coefficient (Wildman–Crippen LogP) is 1.96. The second kappa shape index (κ2) is 7.52. The number of hydrogen-bond acceptors (Lipinski definition) is 5. The van der Waals surface area contributed by atoms with Gasteiger partial charge in [0.25, 0.3) is 0 Å². The summed E-state index contributed by atoms with van der Waals surface area (Å²) in [5, 5.41) is 3.94. The first-order chi connectivity index (χ1) is 10.7. The average Bonchev–Trinajstić information content (AvgIpc) is 3.05. The van der Waals surface area contributed by atoms with E-state index >= 15 is 0 Å². The van der Waals surface area contributed by atoms with Gasteiger partial charge in [-0.25, -0.2) is 4.39 Å². The molecule has 124 valence electrons. The molecule has 1 aliphatic heterocycles. The normalized spacial score (nSPS) is 17.7. The van der Waals surface area contributed by atoms with Crippen molar-refractivity contribution in [2.75, 3.05) is 19.6 Å². The number of benzene rings is 1. The smallest absolute Gasteiger partial charge is 0.236 e. The van der Waals surface area contributed by atoms with Gasteiger partial charge in [0, 0.05) is 18.7 Å². The van der Waals surface area contributed by atoms with Gasteiger partial charge in [-0.2, -0.15) is 4.98 Å². The minimum atomic E-state index is -0.310. The van der Waals surface area contributed by atoms with Gasteiger partial charge in [-0.1, -0.05) is 5.16 Å². The molecule has 23 heavy (non-hydrogen) atoms. The number of likely N-dealkylation sites (tertiary alicyclic amines) is 1. The van der Waals surface area contributed by atoms with Crippen LogP contribution in [-0.2, 0) is 4.79 Å². The number of carbonyl (C=O) groups is 1. The molecule has 3 rings (SSSR count). The number of aromatic nitrogens is 2. The molecule has 1 aromatic carbocycles. The Labute approximate surface area is 139 Å². The summed E-state index contributed by atoms with van der Waals surface area (Å²) < 4.78 is 18.3. The molecule has 1 aromatic heterocycles. The Morgan fingerprint density at radius 1 is 1.39 bits per heavy atom. The van der Waals surface area contributed by atoms with E-state index < -0.39 is 0 Å². The van der Waals surface area contributed by atoms with Gasteiger partial charge in [-0.05, 0) is 37.1 Å². The second-order valence-corrected chi connectivity index (χ2v) is 5.35. The van der Waals surface area contributed by atoms with Gasteiger partial charge in [0.05, 0.1) is 12.5 Å². The van der Waals surface area contributed by atoms with Crippen LogP contribution in [0, 0.1) is 5.82 Å². The van der Waals surface area contributed by atoms with E-state index in [0.717, 1.165) is 12.8 Å². The van der Waals surface area contributed by atoms with Crippen molar-refractivity contribution in [3.63, 3.8) is 0 Å². The molecule has 8 heteroatoms. The molecule has 0 saturated carbocycles. The summed E-state index contributed by atoms with van der Waals surface area (Å²) >= 11 is 0. The first-order valence-electron chi connectivity index (χ1n) is 7.25. The van der Waals surface area contributed by atoms with E-state index in [1.165, 1.54) is 12.1 Å². The quantitative estimate of drug-likeness (QED) is 0.923. The summed E-state index contributed by atoms with van der Waals surface area (Å²) in [4.78, 5) is 17.8. The standard InChI is InChI=1S/C15H17FN4O2.ClH/c16-12-5-3-10(4-6-12)14-18-15(22-19-14)11-2-1-7-20(9-11)13(21)8-17;/h3-6,11H,1-2,7-9,17H2;1H. The third-order valence-electron chi connectivity index (χ3n) is 3.84. The van der Waals surface area contributed by atoms with Crippen molar-refractivity contribution < 1.29 is 13.7 Å². The Hall–Kier alpha value is -1.99. The van der Waals surface area contributed by atoms with Crippen LogP contribution < -0.4 is 5.73 Å². The van der Waals surface area contributed by atoms with Crippen molar-refractivity contribution in [3.8, 4) is 11.4 Å². The molecule has 2 aromatic rings. The third-order valence-corrected chi connectivity index (χ3v) is 3.84. The van der Waals surface area contributed by atoms with E-state index in [9.17, 15) is 9.18 Å².